The van der Waals surface area contributed by atoms with E-state index in [1.807, 2.05) is 0 Å². The highest BCUT2D eigenvalue weighted by atomic mass is 15.0. The molecule has 0 unspecified atom stereocenters. The molecule has 1 aliphatic heterocycles. The molecule has 0 aromatic rings. The van der Waals surface area contributed by atoms with Crippen LogP contribution in [0, 0.1) is 0 Å². The van der Waals surface area contributed by atoms with Crippen LogP contribution in [0.4, 0.5) is 0 Å². The van der Waals surface area contributed by atoms with Crippen LogP contribution in [0.3, 0.4) is 0 Å². The largest absolute Gasteiger partial charge is 0.345 e. The van der Waals surface area contributed by atoms with Crippen molar-refractivity contribution in [2.75, 3.05) is 13.1 Å². The summed E-state index contributed by atoms with van der Waals surface area (Å²) in [6.45, 7) is 4.85. The van der Waals surface area contributed by atoms with Gasteiger partial charge in [-0.2, -0.15) is 0 Å². The van der Waals surface area contributed by atoms with Crippen LogP contribution in [0.1, 0.15) is 71.1 Å². The number of hydrogen-bond acceptors (Lipinski definition) is 2. The van der Waals surface area contributed by atoms with E-state index in [-0.39, 0.29) is 0 Å². The molecular formula is C15H33BN2. The Morgan fingerprint density at radius 2 is 1.61 bits per heavy atom. The van der Waals surface area contributed by atoms with Gasteiger partial charge in [0.1, 0.15) is 0 Å². The first-order valence-electron chi connectivity index (χ1n) is 8.31. The van der Waals surface area contributed by atoms with Crippen LogP contribution in [-0.4, -0.2) is 31.4 Å². The van der Waals surface area contributed by atoms with Gasteiger partial charge in [-0.25, -0.2) is 0 Å². The third-order valence-electron chi connectivity index (χ3n) is 4.18. The fourth-order valence-corrected chi connectivity index (χ4v) is 2.93. The Balaban J connectivity index is 1.94. The quantitative estimate of drug-likeness (QED) is 0.530. The molecule has 1 aliphatic rings. The zero-order chi connectivity index (χ0) is 13.1. The third-order valence-corrected chi connectivity index (χ3v) is 4.18. The van der Waals surface area contributed by atoms with E-state index in [2.05, 4.69) is 11.7 Å². The molecule has 106 valence electrons. The highest BCUT2D eigenvalue weighted by molar-refractivity contribution is 6.31. The van der Waals surface area contributed by atoms with Crippen molar-refractivity contribution in [1.29, 1.82) is 0 Å². The van der Waals surface area contributed by atoms with Gasteiger partial charge in [0, 0.05) is 6.04 Å². The first kappa shape index (κ1) is 16.0. The van der Waals surface area contributed by atoms with Crippen LogP contribution >= 0.6 is 0 Å². The van der Waals surface area contributed by atoms with Gasteiger partial charge in [-0.05, 0) is 38.8 Å². The molecule has 3 heteroatoms. The summed E-state index contributed by atoms with van der Waals surface area (Å²) in [6, 6.07) is 0.478. The lowest BCUT2D eigenvalue weighted by Crippen LogP contribution is -2.34. The van der Waals surface area contributed by atoms with E-state index in [9.17, 15) is 0 Å². The summed E-state index contributed by atoms with van der Waals surface area (Å²) in [7, 11) is 1.32. The molecular weight excluding hydrogens is 219 g/mol. The van der Waals surface area contributed by atoms with Crippen molar-refractivity contribution >= 4 is 7.41 Å². The van der Waals surface area contributed by atoms with E-state index in [1.54, 1.807) is 0 Å². The fraction of sp³-hybridized carbons (Fsp3) is 1.00. The molecule has 2 N–H and O–H groups in total. The Kier molecular flexibility index (Phi) is 9.68. The highest BCUT2D eigenvalue weighted by Crippen LogP contribution is 2.11. The Morgan fingerprint density at radius 1 is 1.00 bits per heavy atom. The molecule has 0 radical (unpaired) electrons. The number of unbranched alkanes of at least 4 members (excludes halogenated alkanes) is 5. The maximum absolute atomic E-state index is 6.01. The van der Waals surface area contributed by atoms with Crippen LogP contribution in [0.5, 0.6) is 0 Å². The molecule has 18 heavy (non-hydrogen) atoms. The average Bonchev–Trinajstić information content (AvgIpc) is 2.34. The second-order valence-electron chi connectivity index (χ2n) is 6.01. The van der Waals surface area contributed by atoms with Crippen molar-refractivity contribution in [1.82, 2.24) is 4.81 Å². The molecule has 0 aromatic heterocycles. The highest BCUT2D eigenvalue weighted by Gasteiger charge is 2.12. The van der Waals surface area contributed by atoms with E-state index in [4.69, 9.17) is 5.73 Å². The predicted octanol–water partition coefficient (Wildman–Crippen LogP) is 3.32. The summed E-state index contributed by atoms with van der Waals surface area (Å²) in [6.07, 6.45) is 15.0. The van der Waals surface area contributed by atoms with E-state index in [0.717, 1.165) is 0 Å². The molecule has 0 bridgehead atoms. The van der Waals surface area contributed by atoms with Crippen molar-refractivity contribution < 1.29 is 0 Å². The summed E-state index contributed by atoms with van der Waals surface area (Å²) >= 11 is 0. The maximum Gasteiger partial charge on any atom is 0.204 e. The van der Waals surface area contributed by atoms with Gasteiger partial charge in [0.2, 0.25) is 7.41 Å². The monoisotopic (exact) mass is 252 g/mol. The summed E-state index contributed by atoms with van der Waals surface area (Å²) in [5.74, 6) is 0. The Bertz CT molecular complexity index is 177. The van der Waals surface area contributed by atoms with E-state index in [1.165, 1.54) is 91.0 Å². The smallest absolute Gasteiger partial charge is 0.204 e. The van der Waals surface area contributed by atoms with Gasteiger partial charge < -0.3 is 10.5 Å². The first-order valence-corrected chi connectivity index (χ1v) is 8.31. The minimum atomic E-state index is 0.478. The van der Waals surface area contributed by atoms with Crippen molar-refractivity contribution in [3.05, 3.63) is 0 Å². The number of nitrogens with zero attached hydrogens (tertiary/aromatic N) is 1. The molecule has 1 saturated heterocycles. The SMILES string of the molecule is CCCCCCCCBN1CCCC(N)CCC1. The van der Waals surface area contributed by atoms with Crippen molar-refractivity contribution in [3.63, 3.8) is 0 Å². The van der Waals surface area contributed by atoms with Crippen molar-refractivity contribution in [2.24, 2.45) is 5.73 Å². The average molecular weight is 252 g/mol. The molecule has 2 nitrogen and oxygen atoms in total. The topological polar surface area (TPSA) is 29.3 Å². The molecule has 0 saturated carbocycles. The van der Waals surface area contributed by atoms with Gasteiger partial charge in [-0.1, -0.05) is 51.8 Å². The third kappa shape index (κ3) is 8.15. The maximum atomic E-state index is 6.01. The minimum absolute atomic E-state index is 0.478. The van der Waals surface area contributed by atoms with Crippen LogP contribution in [0.25, 0.3) is 0 Å². The molecule has 0 aliphatic carbocycles. The first-order chi connectivity index (χ1) is 8.83. The Morgan fingerprint density at radius 3 is 2.28 bits per heavy atom. The van der Waals surface area contributed by atoms with Gasteiger partial charge in [0.05, 0.1) is 0 Å². The molecule has 0 aromatic carbocycles. The van der Waals surface area contributed by atoms with Gasteiger partial charge in [0.25, 0.3) is 0 Å². The number of hydrogen-bond donors (Lipinski definition) is 1. The van der Waals surface area contributed by atoms with Gasteiger partial charge in [-0.3, -0.25) is 0 Å². The Hall–Kier alpha value is -0.0151. The Labute approximate surface area is 115 Å². The molecule has 1 rings (SSSR count). The van der Waals surface area contributed by atoms with Crippen LogP contribution in [0.2, 0.25) is 6.32 Å². The van der Waals surface area contributed by atoms with E-state index >= 15 is 0 Å². The van der Waals surface area contributed by atoms with Gasteiger partial charge in [0.15, 0.2) is 0 Å². The lowest BCUT2D eigenvalue weighted by molar-refractivity contribution is 0.357. The second-order valence-corrected chi connectivity index (χ2v) is 6.01. The summed E-state index contributed by atoms with van der Waals surface area (Å²) in [4.78, 5) is 2.66. The number of nitrogens with two attached hydrogens (primary N) is 1. The van der Waals surface area contributed by atoms with Gasteiger partial charge in [-0.15, -0.1) is 0 Å². The van der Waals surface area contributed by atoms with Crippen LogP contribution in [0.15, 0.2) is 0 Å². The molecule has 1 heterocycles. The van der Waals surface area contributed by atoms with E-state index in [0.29, 0.717) is 6.04 Å². The molecule has 0 atom stereocenters. The summed E-state index contributed by atoms with van der Waals surface area (Å²) in [5.41, 5.74) is 6.01. The fourth-order valence-electron chi connectivity index (χ4n) is 2.93. The van der Waals surface area contributed by atoms with Crippen LogP contribution in [-0.2, 0) is 0 Å². The van der Waals surface area contributed by atoms with E-state index < -0.39 is 0 Å². The normalized spacial score (nSPS) is 19.4. The van der Waals surface area contributed by atoms with Crippen molar-refractivity contribution in [3.8, 4) is 0 Å². The summed E-state index contributed by atoms with van der Waals surface area (Å²) < 4.78 is 0. The number of rotatable bonds is 8. The standard InChI is InChI=1S/C15H33BN2/c1-2-3-4-5-6-7-12-16-18-13-8-10-15(17)11-9-14-18/h15-16H,2-14,17H2,1H3. The zero-order valence-electron chi connectivity index (χ0n) is 12.5. The lowest BCUT2D eigenvalue weighted by atomic mass is 9.81. The molecule has 0 amide bonds. The minimum Gasteiger partial charge on any atom is -0.345 e. The molecule has 1 fully saturated rings. The van der Waals surface area contributed by atoms with Crippen LogP contribution < -0.4 is 5.73 Å². The molecule has 0 spiro atoms. The zero-order valence-corrected chi connectivity index (χ0v) is 12.5. The predicted molar refractivity (Wildman–Crippen MR) is 83.3 cm³/mol. The second kappa shape index (κ2) is 10.9. The summed E-state index contributed by atoms with van der Waals surface area (Å²) in [5, 5.41) is 0. The van der Waals surface area contributed by atoms with Gasteiger partial charge >= 0.3 is 0 Å². The lowest BCUT2D eigenvalue weighted by Gasteiger charge is -2.26. The van der Waals surface area contributed by atoms with Crippen molar-refractivity contribution in [2.45, 2.75) is 83.5 Å².